The van der Waals surface area contributed by atoms with Crippen molar-refractivity contribution in [3.63, 3.8) is 0 Å². The topological polar surface area (TPSA) is 51.8 Å². The third-order valence-electron chi connectivity index (χ3n) is 8.70. The van der Waals surface area contributed by atoms with E-state index in [1.54, 1.807) is 0 Å². The molecule has 0 unspecified atom stereocenters. The maximum absolute atomic E-state index is 6.11. The summed E-state index contributed by atoms with van der Waals surface area (Å²) in [6.45, 7) is 0. The summed E-state index contributed by atoms with van der Waals surface area (Å²) in [4.78, 5) is 15.2. The first kappa shape index (κ1) is 27.0. The molecule has 220 valence electrons. The molecule has 0 aliphatic rings. The molecule has 7 aromatic carbocycles. The summed E-state index contributed by atoms with van der Waals surface area (Å²) in [5, 5.41) is 4.40. The molecule has 0 atom stereocenters. The predicted molar refractivity (Wildman–Crippen MR) is 192 cm³/mol. The zero-order valence-corrected chi connectivity index (χ0v) is 25.3. The number of aromatic nitrogens is 3. The summed E-state index contributed by atoms with van der Waals surface area (Å²) in [7, 11) is 0. The average molecular weight is 602 g/mol. The first-order chi connectivity index (χ1) is 23.2. The van der Waals surface area contributed by atoms with Crippen molar-refractivity contribution >= 4 is 32.7 Å². The van der Waals surface area contributed by atoms with E-state index < -0.39 is 0 Å². The maximum atomic E-state index is 6.11. The molecule has 0 N–H and O–H groups in total. The maximum Gasteiger partial charge on any atom is 0.164 e. The highest BCUT2D eigenvalue weighted by atomic mass is 16.3. The molecule has 4 nitrogen and oxygen atoms in total. The van der Waals surface area contributed by atoms with E-state index in [9.17, 15) is 0 Å². The van der Waals surface area contributed by atoms with E-state index in [0.717, 1.165) is 60.5 Å². The smallest absolute Gasteiger partial charge is 0.164 e. The van der Waals surface area contributed by atoms with Gasteiger partial charge in [-0.15, -0.1) is 0 Å². The molecule has 0 saturated heterocycles. The van der Waals surface area contributed by atoms with Crippen molar-refractivity contribution < 1.29 is 4.42 Å². The number of nitrogens with zero attached hydrogens (tertiary/aromatic N) is 3. The van der Waals surface area contributed by atoms with Crippen LogP contribution in [0.25, 0.3) is 89.1 Å². The summed E-state index contributed by atoms with van der Waals surface area (Å²) in [5.41, 5.74) is 9.11. The Hall–Kier alpha value is -6.39. The van der Waals surface area contributed by atoms with Crippen LogP contribution in [0.5, 0.6) is 0 Å². The molecular weight excluding hydrogens is 574 g/mol. The third kappa shape index (κ3) is 5.02. The van der Waals surface area contributed by atoms with Gasteiger partial charge in [0.25, 0.3) is 0 Å². The van der Waals surface area contributed by atoms with Crippen molar-refractivity contribution in [2.24, 2.45) is 0 Å². The van der Waals surface area contributed by atoms with Gasteiger partial charge < -0.3 is 4.42 Å². The molecule has 4 heteroatoms. The van der Waals surface area contributed by atoms with Crippen LogP contribution in [0.2, 0.25) is 0 Å². The van der Waals surface area contributed by atoms with E-state index in [-0.39, 0.29) is 0 Å². The largest absolute Gasteiger partial charge is 0.456 e. The molecule has 0 bridgehead atoms. The van der Waals surface area contributed by atoms with Gasteiger partial charge in [-0.1, -0.05) is 121 Å². The summed E-state index contributed by atoms with van der Waals surface area (Å²) in [6, 6.07) is 56.5. The normalized spacial score (nSPS) is 11.4. The molecule has 2 aromatic heterocycles. The van der Waals surface area contributed by atoms with Crippen molar-refractivity contribution in [1.29, 1.82) is 0 Å². The van der Waals surface area contributed by atoms with Crippen LogP contribution < -0.4 is 0 Å². The molecule has 47 heavy (non-hydrogen) atoms. The Morgan fingerprint density at radius 3 is 1.47 bits per heavy atom. The quantitative estimate of drug-likeness (QED) is 0.197. The second-order valence-corrected chi connectivity index (χ2v) is 11.7. The molecule has 9 aromatic rings. The van der Waals surface area contributed by atoms with E-state index >= 15 is 0 Å². The van der Waals surface area contributed by atoms with Gasteiger partial charge in [0.15, 0.2) is 17.5 Å². The molecule has 0 aliphatic heterocycles. The number of hydrogen-bond donors (Lipinski definition) is 0. The highest BCUT2D eigenvalue weighted by Gasteiger charge is 2.15. The van der Waals surface area contributed by atoms with Gasteiger partial charge in [0, 0.05) is 27.5 Å². The van der Waals surface area contributed by atoms with Gasteiger partial charge in [-0.25, -0.2) is 15.0 Å². The Bertz CT molecular complexity index is 2570. The number of benzene rings is 7. The molecule has 0 amide bonds. The SMILES string of the molecule is c1ccc(-c2cccc(-c3nc(-c4ccc5cc(-c6ccccc6)ccc5c4)nc(-c4ccc5oc6ccccc6c5c4)n3)c2)cc1. The number of hydrogen-bond acceptors (Lipinski definition) is 4. The molecule has 0 radical (unpaired) electrons. The Labute approximate surface area is 271 Å². The third-order valence-corrected chi connectivity index (χ3v) is 8.70. The highest BCUT2D eigenvalue weighted by molar-refractivity contribution is 6.06. The van der Waals surface area contributed by atoms with E-state index in [1.165, 1.54) is 11.1 Å². The molecular formula is C43H27N3O. The Morgan fingerprint density at radius 2 is 0.766 bits per heavy atom. The average Bonchev–Trinajstić information content (AvgIpc) is 3.53. The number of fused-ring (bicyclic) bond motifs is 4. The Morgan fingerprint density at radius 1 is 0.298 bits per heavy atom. The zero-order valence-electron chi connectivity index (χ0n) is 25.3. The predicted octanol–water partition coefficient (Wildman–Crippen LogP) is 11.3. The molecule has 0 spiro atoms. The Kier molecular flexibility index (Phi) is 6.43. The van der Waals surface area contributed by atoms with Gasteiger partial charge in [-0.3, -0.25) is 0 Å². The Balaban J connectivity index is 1.20. The fourth-order valence-corrected chi connectivity index (χ4v) is 6.29. The zero-order chi connectivity index (χ0) is 31.2. The van der Waals surface area contributed by atoms with Gasteiger partial charge in [0.1, 0.15) is 11.2 Å². The van der Waals surface area contributed by atoms with Crippen LogP contribution in [0, 0.1) is 0 Å². The minimum atomic E-state index is 0.613. The molecule has 0 aliphatic carbocycles. The minimum Gasteiger partial charge on any atom is -0.456 e. The van der Waals surface area contributed by atoms with E-state index in [4.69, 9.17) is 19.4 Å². The van der Waals surface area contributed by atoms with E-state index in [2.05, 4.69) is 121 Å². The van der Waals surface area contributed by atoms with Crippen LogP contribution in [-0.2, 0) is 0 Å². The lowest BCUT2D eigenvalue weighted by Crippen LogP contribution is -2.00. The molecule has 0 saturated carbocycles. The van der Waals surface area contributed by atoms with Crippen molar-refractivity contribution in [3.05, 3.63) is 164 Å². The summed E-state index contributed by atoms with van der Waals surface area (Å²) >= 11 is 0. The van der Waals surface area contributed by atoms with Crippen LogP contribution >= 0.6 is 0 Å². The van der Waals surface area contributed by atoms with Gasteiger partial charge in [-0.05, 0) is 75.5 Å². The van der Waals surface area contributed by atoms with Gasteiger partial charge >= 0.3 is 0 Å². The van der Waals surface area contributed by atoms with Crippen LogP contribution in [0.15, 0.2) is 168 Å². The molecule has 2 heterocycles. The lowest BCUT2D eigenvalue weighted by molar-refractivity contribution is 0.669. The van der Waals surface area contributed by atoms with Crippen LogP contribution in [0.4, 0.5) is 0 Å². The van der Waals surface area contributed by atoms with Crippen LogP contribution in [0.3, 0.4) is 0 Å². The van der Waals surface area contributed by atoms with Crippen molar-refractivity contribution in [2.45, 2.75) is 0 Å². The van der Waals surface area contributed by atoms with Gasteiger partial charge in [0.2, 0.25) is 0 Å². The highest BCUT2D eigenvalue weighted by Crippen LogP contribution is 2.34. The first-order valence-corrected chi connectivity index (χ1v) is 15.7. The lowest BCUT2D eigenvalue weighted by Gasteiger charge is -2.11. The van der Waals surface area contributed by atoms with Crippen LogP contribution in [-0.4, -0.2) is 15.0 Å². The molecule has 0 fully saturated rings. The van der Waals surface area contributed by atoms with E-state index in [0.29, 0.717) is 17.5 Å². The number of para-hydroxylation sites is 1. The van der Waals surface area contributed by atoms with Crippen molar-refractivity contribution in [3.8, 4) is 56.4 Å². The van der Waals surface area contributed by atoms with Crippen molar-refractivity contribution in [1.82, 2.24) is 15.0 Å². The number of furan rings is 1. The summed E-state index contributed by atoms with van der Waals surface area (Å²) in [6.07, 6.45) is 0. The summed E-state index contributed by atoms with van der Waals surface area (Å²) < 4.78 is 6.11. The monoisotopic (exact) mass is 601 g/mol. The summed E-state index contributed by atoms with van der Waals surface area (Å²) in [5.74, 6) is 1.86. The van der Waals surface area contributed by atoms with Crippen molar-refractivity contribution in [2.75, 3.05) is 0 Å². The fourth-order valence-electron chi connectivity index (χ4n) is 6.29. The first-order valence-electron chi connectivity index (χ1n) is 15.7. The minimum absolute atomic E-state index is 0.613. The lowest BCUT2D eigenvalue weighted by atomic mass is 10.00. The number of rotatable bonds is 5. The van der Waals surface area contributed by atoms with Gasteiger partial charge in [0.05, 0.1) is 0 Å². The standard InChI is InChI=1S/C43H27N3O/c1-3-10-28(11-4-1)30-14-9-15-34(25-30)41-44-42(35-21-20-32-24-31(18-19-33(32)26-35)29-12-5-2-6-13-29)46-43(45-41)36-22-23-40-38(27-36)37-16-7-8-17-39(37)47-40/h1-27H. The second-order valence-electron chi connectivity index (χ2n) is 11.7. The van der Waals surface area contributed by atoms with Crippen LogP contribution in [0.1, 0.15) is 0 Å². The van der Waals surface area contributed by atoms with E-state index in [1.807, 2.05) is 42.5 Å². The molecule has 9 rings (SSSR count). The van der Waals surface area contributed by atoms with Gasteiger partial charge in [-0.2, -0.15) is 0 Å². The fraction of sp³-hybridized carbons (Fsp3) is 0. The second kappa shape index (κ2) is 11.2.